The van der Waals surface area contributed by atoms with Crippen molar-refractivity contribution < 1.29 is 4.39 Å². The van der Waals surface area contributed by atoms with E-state index in [0.717, 1.165) is 17.4 Å². The minimum Gasteiger partial charge on any atom is -0.312 e. The second kappa shape index (κ2) is 5.89. The molecule has 1 aliphatic rings. The average Bonchev–Trinajstić information content (AvgIpc) is 2.76. The van der Waals surface area contributed by atoms with Crippen molar-refractivity contribution in [2.75, 3.05) is 12.3 Å². The Morgan fingerprint density at radius 1 is 1.50 bits per heavy atom. The van der Waals surface area contributed by atoms with Crippen LogP contribution in [-0.2, 0) is 6.54 Å². The predicted molar refractivity (Wildman–Crippen MR) is 68.6 cm³/mol. The first kappa shape index (κ1) is 12.2. The highest BCUT2D eigenvalue weighted by molar-refractivity contribution is 8.00. The Morgan fingerprint density at radius 2 is 2.38 bits per heavy atom. The van der Waals surface area contributed by atoms with Crippen LogP contribution in [0, 0.1) is 5.82 Å². The number of hydrogen-bond acceptors (Lipinski definition) is 2. The predicted octanol–water partition coefficient (Wildman–Crippen LogP) is 3.46. The van der Waals surface area contributed by atoms with E-state index in [4.69, 9.17) is 11.6 Å². The van der Waals surface area contributed by atoms with E-state index in [1.165, 1.54) is 24.7 Å². The maximum absolute atomic E-state index is 13.1. The van der Waals surface area contributed by atoms with Crippen LogP contribution in [0.25, 0.3) is 0 Å². The summed E-state index contributed by atoms with van der Waals surface area (Å²) in [4.78, 5) is 0. The van der Waals surface area contributed by atoms with Gasteiger partial charge in [0.15, 0.2) is 0 Å². The Bertz CT molecular complexity index is 353. The highest BCUT2D eigenvalue weighted by Crippen LogP contribution is 2.25. The maximum Gasteiger partial charge on any atom is 0.142 e. The van der Waals surface area contributed by atoms with Crippen LogP contribution in [0.4, 0.5) is 4.39 Å². The quantitative estimate of drug-likeness (QED) is 0.889. The second-order valence-corrected chi connectivity index (χ2v) is 5.83. The molecule has 0 amide bonds. The Hall–Kier alpha value is -0.250. The third-order valence-corrected chi connectivity index (χ3v) is 4.41. The van der Waals surface area contributed by atoms with Crippen molar-refractivity contribution in [1.82, 2.24) is 5.32 Å². The Balaban J connectivity index is 1.78. The van der Waals surface area contributed by atoms with Gasteiger partial charge in [-0.3, -0.25) is 0 Å². The summed E-state index contributed by atoms with van der Waals surface area (Å²) in [5.74, 6) is 0.943. The van der Waals surface area contributed by atoms with Crippen molar-refractivity contribution in [1.29, 1.82) is 0 Å². The fraction of sp³-hybridized carbons (Fsp3) is 0.500. The lowest BCUT2D eigenvalue weighted by atomic mass is 10.2. The molecule has 1 unspecified atom stereocenters. The molecule has 0 aliphatic carbocycles. The van der Waals surface area contributed by atoms with Crippen molar-refractivity contribution in [3.63, 3.8) is 0 Å². The van der Waals surface area contributed by atoms with Crippen LogP contribution < -0.4 is 5.32 Å². The highest BCUT2D eigenvalue weighted by Gasteiger charge is 2.14. The molecule has 0 bridgehead atoms. The summed E-state index contributed by atoms with van der Waals surface area (Å²) in [5, 5.41) is 4.28. The normalized spacial score (nSPS) is 20.2. The van der Waals surface area contributed by atoms with E-state index in [-0.39, 0.29) is 10.8 Å². The van der Waals surface area contributed by atoms with Crippen molar-refractivity contribution >= 4 is 23.4 Å². The van der Waals surface area contributed by atoms with E-state index in [1.54, 1.807) is 6.07 Å². The molecule has 1 aromatic rings. The highest BCUT2D eigenvalue weighted by atomic mass is 35.5. The molecule has 1 nitrogen and oxygen atoms in total. The van der Waals surface area contributed by atoms with Gasteiger partial charge in [0.25, 0.3) is 0 Å². The summed E-state index contributed by atoms with van der Waals surface area (Å²) in [6.45, 7) is 1.72. The number of hydrogen-bond donors (Lipinski definition) is 1. The Labute approximate surface area is 105 Å². The molecule has 1 fully saturated rings. The first-order valence-corrected chi connectivity index (χ1v) is 6.94. The topological polar surface area (TPSA) is 12.0 Å². The van der Waals surface area contributed by atoms with E-state index in [1.807, 2.05) is 17.8 Å². The number of halogens is 2. The minimum absolute atomic E-state index is 0.190. The molecule has 88 valence electrons. The summed E-state index contributed by atoms with van der Waals surface area (Å²) in [6.07, 6.45) is 2.62. The van der Waals surface area contributed by atoms with Gasteiger partial charge in [-0.25, -0.2) is 4.39 Å². The molecule has 0 spiro atoms. The number of benzene rings is 1. The molecular weight excluding hydrogens is 245 g/mol. The van der Waals surface area contributed by atoms with E-state index in [2.05, 4.69) is 5.32 Å². The zero-order valence-corrected chi connectivity index (χ0v) is 10.6. The molecule has 1 heterocycles. The van der Waals surface area contributed by atoms with Gasteiger partial charge in [0, 0.05) is 18.3 Å². The van der Waals surface area contributed by atoms with Gasteiger partial charge in [0.1, 0.15) is 5.82 Å². The van der Waals surface area contributed by atoms with Gasteiger partial charge < -0.3 is 5.32 Å². The van der Waals surface area contributed by atoms with Gasteiger partial charge in [0.05, 0.1) is 5.02 Å². The van der Waals surface area contributed by atoms with Crippen LogP contribution in [0.5, 0.6) is 0 Å². The molecule has 2 rings (SSSR count). The van der Waals surface area contributed by atoms with Crippen LogP contribution in [0.2, 0.25) is 5.02 Å². The summed E-state index contributed by atoms with van der Waals surface area (Å²) < 4.78 is 13.1. The molecule has 16 heavy (non-hydrogen) atoms. The van der Waals surface area contributed by atoms with Crippen LogP contribution in [0.15, 0.2) is 18.2 Å². The molecule has 0 radical (unpaired) electrons. The standard InChI is InChI=1S/C12H15ClFNS/c13-11-4-3-9(6-12(11)14)7-15-8-10-2-1-5-16-10/h3-4,6,10,15H,1-2,5,7-8H2. The molecule has 4 heteroatoms. The van der Waals surface area contributed by atoms with Crippen LogP contribution in [0.1, 0.15) is 18.4 Å². The van der Waals surface area contributed by atoms with Crippen LogP contribution in [0.3, 0.4) is 0 Å². The second-order valence-electron chi connectivity index (χ2n) is 4.01. The SMILES string of the molecule is Fc1cc(CNCC2CCCS2)ccc1Cl. The summed E-state index contributed by atoms with van der Waals surface area (Å²) >= 11 is 7.64. The van der Waals surface area contributed by atoms with Gasteiger partial charge in [-0.05, 0) is 36.3 Å². The van der Waals surface area contributed by atoms with Gasteiger partial charge in [-0.15, -0.1) is 0 Å². The molecule has 1 N–H and O–H groups in total. The Kier molecular flexibility index (Phi) is 4.50. The van der Waals surface area contributed by atoms with Crippen molar-refractivity contribution in [2.45, 2.75) is 24.6 Å². The fourth-order valence-electron chi connectivity index (χ4n) is 1.83. The van der Waals surface area contributed by atoms with Gasteiger partial charge in [-0.1, -0.05) is 17.7 Å². The Morgan fingerprint density at radius 3 is 3.06 bits per heavy atom. The molecule has 0 aromatic heterocycles. The number of nitrogens with one attached hydrogen (secondary N) is 1. The molecule has 1 aromatic carbocycles. The van der Waals surface area contributed by atoms with Crippen molar-refractivity contribution in [2.24, 2.45) is 0 Å². The van der Waals surface area contributed by atoms with Crippen LogP contribution in [-0.4, -0.2) is 17.5 Å². The molecular formula is C12H15ClFNS. The minimum atomic E-state index is -0.337. The summed E-state index contributed by atoms with van der Waals surface area (Å²) in [6, 6.07) is 4.97. The molecule has 1 atom stereocenters. The zero-order valence-electron chi connectivity index (χ0n) is 9.01. The third kappa shape index (κ3) is 3.37. The van der Waals surface area contributed by atoms with Crippen LogP contribution >= 0.6 is 23.4 Å². The van der Waals surface area contributed by atoms with E-state index in [9.17, 15) is 4.39 Å². The lowest BCUT2D eigenvalue weighted by molar-refractivity contribution is 0.616. The lowest BCUT2D eigenvalue weighted by Gasteiger charge is -2.10. The maximum atomic E-state index is 13.1. The van der Waals surface area contributed by atoms with E-state index < -0.39 is 0 Å². The van der Waals surface area contributed by atoms with Crippen molar-refractivity contribution in [3.8, 4) is 0 Å². The van der Waals surface area contributed by atoms with Gasteiger partial charge in [-0.2, -0.15) is 11.8 Å². The summed E-state index contributed by atoms with van der Waals surface area (Å²) in [5.41, 5.74) is 0.949. The average molecular weight is 260 g/mol. The fourth-order valence-corrected chi connectivity index (χ4v) is 3.19. The lowest BCUT2D eigenvalue weighted by Crippen LogP contribution is -2.22. The van der Waals surface area contributed by atoms with Gasteiger partial charge in [0.2, 0.25) is 0 Å². The molecule has 1 aliphatic heterocycles. The zero-order chi connectivity index (χ0) is 11.4. The third-order valence-electron chi connectivity index (χ3n) is 2.71. The van der Waals surface area contributed by atoms with Gasteiger partial charge >= 0.3 is 0 Å². The first-order valence-electron chi connectivity index (χ1n) is 5.52. The van der Waals surface area contributed by atoms with Crippen molar-refractivity contribution in [3.05, 3.63) is 34.6 Å². The van der Waals surface area contributed by atoms with E-state index in [0.29, 0.717) is 6.54 Å². The summed E-state index contributed by atoms with van der Waals surface area (Å²) in [7, 11) is 0. The smallest absolute Gasteiger partial charge is 0.142 e. The number of rotatable bonds is 4. The molecule has 1 saturated heterocycles. The first-order chi connectivity index (χ1) is 7.75. The number of thioether (sulfide) groups is 1. The monoisotopic (exact) mass is 259 g/mol. The molecule has 0 saturated carbocycles. The van der Waals surface area contributed by atoms with E-state index >= 15 is 0 Å². The largest absolute Gasteiger partial charge is 0.312 e.